The highest BCUT2D eigenvalue weighted by molar-refractivity contribution is 7.07. The Labute approximate surface area is 253 Å². The van der Waals surface area contributed by atoms with Crippen LogP contribution in [0.3, 0.4) is 0 Å². The van der Waals surface area contributed by atoms with Gasteiger partial charge in [-0.15, -0.1) is 0 Å². The first-order valence-electron chi connectivity index (χ1n) is 14.0. The first kappa shape index (κ1) is 29.5. The zero-order valence-electron chi connectivity index (χ0n) is 24.4. The molecule has 2 heterocycles. The zero-order chi connectivity index (χ0) is 30.5. The minimum Gasteiger partial charge on any atom is -0.490 e. The van der Waals surface area contributed by atoms with Crippen LogP contribution < -0.4 is 24.4 Å². The standard InChI is InChI=1S/C34H31N3O5S/c1-5-40-28-17-23(15-16-27(28)41-20-26-14-10-9-13-25(26)19-35)18-29-32(38)37-31(24-11-7-6-8-12-24)30(33(39)42-21(2)3)22(4)36-34(37)43-29/h6-18,21,31H,5,20H2,1-4H3. The van der Waals surface area contributed by atoms with E-state index < -0.39 is 12.0 Å². The van der Waals surface area contributed by atoms with Crippen molar-refractivity contribution in [1.29, 1.82) is 5.26 Å². The number of nitriles is 1. The van der Waals surface area contributed by atoms with Crippen LogP contribution in [0.5, 0.6) is 11.5 Å². The van der Waals surface area contributed by atoms with Crippen molar-refractivity contribution in [3.05, 3.63) is 126 Å². The van der Waals surface area contributed by atoms with Gasteiger partial charge in [-0.25, -0.2) is 9.79 Å². The normalized spacial score (nSPS) is 14.6. The molecule has 0 N–H and O–H groups in total. The monoisotopic (exact) mass is 593 g/mol. The molecule has 8 nitrogen and oxygen atoms in total. The second-order valence-electron chi connectivity index (χ2n) is 10.1. The molecule has 1 unspecified atom stereocenters. The van der Waals surface area contributed by atoms with E-state index in [1.807, 2.05) is 67.6 Å². The Morgan fingerprint density at radius 1 is 1.07 bits per heavy atom. The summed E-state index contributed by atoms with van der Waals surface area (Å²) in [6.45, 7) is 7.86. The Bertz CT molecular complexity index is 1920. The van der Waals surface area contributed by atoms with Gasteiger partial charge in [-0.2, -0.15) is 5.26 Å². The molecule has 5 rings (SSSR count). The number of hydrogen-bond acceptors (Lipinski definition) is 8. The fraction of sp³-hybridized carbons (Fsp3) is 0.235. The molecule has 3 aromatic carbocycles. The van der Waals surface area contributed by atoms with Gasteiger partial charge in [0.15, 0.2) is 16.3 Å². The van der Waals surface area contributed by atoms with Crippen molar-refractivity contribution in [3.63, 3.8) is 0 Å². The van der Waals surface area contributed by atoms with E-state index in [1.54, 1.807) is 43.5 Å². The second-order valence-corrected chi connectivity index (χ2v) is 11.2. The molecule has 0 fully saturated rings. The molecule has 0 saturated heterocycles. The molecule has 0 amide bonds. The lowest BCUT2D eigenvalue weighted by atomic mass is 9.96. The molecule has 1 aliphatic heterocycles. The van der Waals surface area contributed by atoms with Gasteiger partial charge in [0.05, 0.1) is 46.2 Å². The van der Waals surface area contributed by atoms with Gasteiger partial charge in [0.2, 0.25) is 0 Å². The van der Waals surface area contributed by atoms with Gasteiger partial charge in [-0.1, -0.05) is 65.9 Å². The lowest BCUT2D eigenvalue weighted by Gasteiger charge is -2.25. The molecule has 218 valence electrons. The van der Waals surface area contributed by atoms with Crippen molar-refractivity contribution in [2.45, 2.75) is 46.4 Å². The van der Waals surface area contributed by atoms with Crippen LogP contribution in [0.1, 0.15) is 56.0 Å². The van der Waals surface area contributed by atoms with E-state index in [1.165, 1.54) is 11.3 Å². The number of allylic oxidation sites excluding steroid dienone is 1. The highest BCUT2D eigenvalue weighted by Gasteiger charge is 2.33. The van der Waals surface area contributed by atoms with E-state index in [0.29, 0.717) is 44.3 Å². The zero-order valence-corrected chi connectivity index (χ0v) is 25.2. The van der Waals surface area contributed by atoms with Crippen molar-refractivity contribution >= 4 is 23.4 Å². The first-order chi connectivity index (χ1) is 20.8. The summed E-state index contributed by atoms with van der Waals surface area (Å²) in [5.74, 6) is 0.560. The van der Waals surface area contributed by atoms with E-state index >= 15 is 0 Å². The largest absolute Gasteiger partial charge is 0.490 e. The SMILES string of the molecule is CCOc1cc(C=c2sc3n(c2=O)C(c2ccccc2)C(C(=O)OC(C)C)=C(C)N=3)ccc1OCc1ccccc1C#N. The van der Waals surface area contributed by atoms with Gasteiger partial charge < -0.3 is 14.2 Å². The number of thiazole rings is 1. The van der Waals surface area contributed by atoms with Gasteiger partial charge in [-0.3, -0.25) is 9.36 Å². The number of esters is 1. The van der Waals surface area contributed by atoms with Crippen molar-refractivity contribution in [2.75, 3.05) is 6.61 Å². The van der Waals surface area contributed by atoms with Gasteiger partial charge in [0, 0.05) is 5.56 Å². The number of rotatable bonds is 9. The number of aromatic nitrogens is 1. The Balaban J connectivity index is 1.54. The lowest BCUT2D eigenvalue weighted by molar-refractivity contribution is -0.143. The molecule has 9 heteroatoms. The molecule has 1 aromatic heterocycles. The fourth-order valence-electron chi connectivity index (χ4n) is 4.88. The maximum Gasteiger partial charge on any atom is 0.338 e. The van der Waals surface area contributed by atoms with Crippen LogP contribution >= 0.6 is 11.3 Å². The van der Waals surface area contributed by atoms with Gasteiger partial charge in [0.25, 0.3) is 5.56 Å². The third-order valence-electron chi connectivity index (χ3n) is 6.79. The number of ether oxygens (including phenoxy) is 3. The van der Waals surface area contributed by atoms with Crippen LogP contribution in [-0.2, 0) is 16.1 Å². The van der Waals surface area contributed by atoms with Crippen molar-refractivity contribution < 1.29 is 19.0 Å². The second kappa shape index (κ2) is 12.9. The third-order valence-corrected chi connectivity index (χ3v) is 7.77. The topological polar surface area (TPSA) is 103 Å². The average Bonchev–Trinajstić information content (AvgIpc) is 3.30. The van der Waals surface area contributed by atoms with E-state index in [2.05, 4.69) is 11.1 Å². The highest BCUT2D eigenvalue weighted by Crippen LogP contribution is 2.32. The van der Waals surface area contributed by atoms with Crippen molar-refractivity contribution in [2.24, 2.45) is 4.99 Å². The Morgan fingerprint density at radius 2 is 1.81 bits per heavy atom. The molecule has 0 aliphatic carbocycles. The maximum atomic E-state index is 13.9. The minimum absolute atomic E-state index is 0.210. The summed E-state index contributed by atoms with van der Waals surface area (Å²) >= 11 is 1.26. The number of benzene rings is 3. The first-order valence-corrected chi connectivity index (χ1v) is 14.8. The predicted molar refractivity (Wildman–Crippen MR) is 165 cm³/mol. The Kier molecular flexibility index (Phi) is 8.88. The van der Waals surface area contributed by atoms with E-state index in [4.69, 9.17) is 14.2 Å². The van der Waals surface area contributed by atoms with Crippen molar-refractivity contribution in [3.8, 4) is 17.6 Å². The molecular weight excluding hydrogens is 562 g/mol. The number of fused-ring (bicyclic) bond motifs is 1. The summed E-state index contributed by atoms with van der Waals surface area (Å²) in [5.41, 5.74) is 3.46. The van der Waals surface area contributed by atoms with Gasteiger partial charge in [0.1, 0.15) is 6.61 Å². The predicted octanol–water partition coefficient (Wildman–Crippen LogP) is 5.04. The molecule has 1 aliphatic rings. The maximum absolute atomic E-state index is 13.9. The van der Waals surface area contributed by atoms with Crippen molar-refractivity contribution in [1.82, 2.24) is 4.57 Å². The molecule has 1 atom stereocenters. The number of carbonyl (C=O) groups is 1. The number of nitrogens with zero attached hydrogens (tertiary/aromatic N) is 3. The van der Waals surface area contributed by atoms with Crippen LogP contribution in [0.25, 0.3) is 6.08 Å². The average molecular weight is 594 g/mol. The summed E-state index contributed by atoms with van der Waals surface area (Å²) in [6.07, 6.45) is 1.47. The summed E-state index contributed by atoms with van der Waals surface area (Å²) < 4.78 is 19.5. The molecule has 0 radical (unpaired) electrons. The summed E-state index contributed by atoms with van der Waals surface area (Å²) in [7, 11) is 0. The molecule has 0 spiro atoms. The smallest absolute Gasteiger partial charge is 0.338 e. The summed E-state index contributed by atoms with van der Waals surface area (Å²) in [5, 5.41) is 9.39. The van der Waals surface area contributed by atoms with Crippen LogP contribution in [0.2, 0.25) is 0 Å². The summed E-state index contributed by atoms with van der Waals surface area (Å²) in [6, 6.07) is 23.7. The molecular formula is C34H31N3O5S. The van der Waals surface area contributed by atoms with E-state index in [-0.39, 0.29) is 18.3 Å². The van der Waals surface area contributed by atoms with E-state index in [9.17, 15) is 14.9 Å². The van der Waals surface area contributed by atoms with Crippen LogP contribution in [0, 0.1) is 11.3 Å². The minimum atomic E-state index is -0.670. The molecule has 0 bridgehead atoms. The molecule has 43 heavy (non-hydrogen) atoms. The van der Waals surface area contributed by atoms with E-state index in [0.717, 1.165) is 16.7 Å². The van der Waals surface area contributed by atoms with Crippen LogP contribution in [0.15, 0.2) is 93.9 Å². The Morgan fingerprint density at radius 3 is 2.53 bits per heavy atom. The molecule has 0 saturated carbocycles. The lowest BCUT2D eigenvalue weighted by Crippen LogP contribution is -2.40. The summed E-state index contributed by atoms with van der Waals surface area (Å²) in [4.78, 5) is 32.3. The number of hydrogen-bond donors (Lipinski definition) is 0. The quantitative estimate of drug-likeness (QED) is 0.252. The third kappa shape index (κ3) is 6.30. The van der Waals surface area contributed by atoms with Crippen LogP contribution in [0.4, 0.5) is 0 Å². The Hall–Kier alpha value is -4.94. The number of carbonyl (C=O) groups excluding carboxylic acids is 1. The highest BCUT2D eigenvalue weighted by atomic mass is 32.1. The fourth-order valence-corrected chi connectivity index (χ4v) is 5.92. The van der Waals surface area contributed by atoms with Gasteiger partial charge >= 0.3 is 5.97 Å². The van der Waals surface area contributed by atoms with Crippen LogP contribution in [-0.4, -0.2) is 23.2 Å². The molecule has 4 aromatic rings. The van der Waals surface area contributed by atoms with Gasteiger partial charge in [-0.05, 0) is 63.1 Å².